The van der Waals surface area contributed by atoms with E-state index < -0.39 is 10.0 Å². The lowest BCUT2D eigenvalue weighted by atomic mass is 10.3. The number of benzene rings is 1. The minimum absolute atomic E-state index is 0.124. The van der Waals surface area contributed by atoms with E-state index in [4.69, 9.17) is 16.0 Å². The number of furan rings is 1. The summed E-state index contributed by atoms with van der Waals surface area (Å²) in [6, 6.07) is 10.0. The fourth-order valence-corrected chi connectivity index (χ4v) is 3.33. The number of sulfonamides is 1. The molecule has 0 fully saturated rings. The van der Waals surface area contributed by atoms with Crippen molar-refractivity contribution in [3.05, 3.63) is 53.4 Å². The van der Waals surface area contributed by atoms with Crippen molar-refractivity contribution in [2.24, 2.45) is 0 Å². The van der Waals surface area contributed by atoms with Gasteiger partial charge in [0.2, 0.25) is 10.0 Å². The summed E-state index contributed by atoms with van der Waals surface area (Å²) in [6.45, 7) is 0.334. The monoisotopic (exact) mass is 299 g/mol. The van der Waals surface area contributed by atoms with Crippen LogP contribution in [0, 0.1) is 0 Å². The number of nitrogens with zero attached hydrogens (tertiary/aromatic N) is 1. The Morgan fingerprint density at radius 1 is 1.21 bits per heavy atom. The van der Waals surface area contributed by atoms with Crippen molar-refractivity contribution >= 4 is 21.6 Å². The van der Waals surface area contributed by atoms with Crippen LogP contribution >= 0.6 is 11.6 Å². The molecular formula is C13H14ClNO3S. The molecule has 2 aromatic rings. The summed E-state index contributed by atoms with van der Waals surface area (Å²) in [5.74, 6) is 0.751. The maximum atomic E-state index is 12.3. The van der Waals surface area contributed by atoms with Crippen molar-refractivity contribution in [1.29, 1.82) is 0 Å². The molecule has 0 unspecified atom stereocenters. The van der Waals surface area contributed by atoms with Gasteiger partial charge in [-0.2, -0.15) is 0 Å². The maximum absolute atomic E-state index is 12.3. The summed E-state index contributed by atoms with van der Waals surface area (Å²) >= 11 is 5.93. The van der Waals surface area contributed by atoms with Crippen LogP contribution in [-0.2, 0) is 16.4 Å². The number of halogens is 1. The first-order chi connectivity index (χ1) is 9.01. The van der Waals surface area contributed by atoms with Gasteiger partial charge in [-0.3, -0.25) is 0 Å². The molecule has 1 aromatic carbocycles. The molecule has 0 spiro atoms. The van der Waals surface area contributed by atoms with E-state index in [9.17, 15) is 8.42 Å². The van der Waals surface area contributed by atoms with Crippen molar-refractivity contribution in [2.45, 2.75) is 11.3 Å². The van der Waals surface area contributed by atoms with Crippen LogP contribution < -0.4 is 0 Å². The van der Waals surface area contributed by atoms with E-state index in [2.05, 4.69) is 0 Å². The van der Waals surface area contributed by atoms with Crippen molar-refractivity contribution < 1.29 is 12.8 Å². The molecule has 0 saturated heterocycles. The predicted molar refractivity (Wildman–Crippen MR) is 73.7 cm³/mol. The van der Waals surface area contributed by atoms with Gasteiger partial charge in [-0.05, 0) is 24.3 Å². The van der Waals surface area contributed by atoms with Crippen molar-refractivity contribution in [3.63, 3.8) is 0 Å². The lowest BCUT2D eigenvalue weighted by Crippen LogP contribution is -2.29. The largest absolute Gasteiger partial charge is 0.469 e. The van der Waals surface area contributed by atoms with Gasteiger partial charge in [0.1, 0.15) is 10.7 Å². The van der Waals surface area contributed by atoms with Gasteiger partial charge in [-0.1, -0.05) is 23.7 Å². The van der Waals surface area contributed by atoms with Crippen LogP contribution in [0.1, 0.15) is 5.76 Å². The molecule has 0 bridgehead atoms. The van der Waals surface area contributed by atoms with Gasteiger partial charge in [0.05, 0.1) is 11.3 Å². The third-order valence-electron chi connectivity index (χ3n) is 2.78. The smallest absolute Gasteiger partial charge is 0.244 e. The van der Waals surface area contributed by atoms with Crippen molar-refractivity contribution in [2.75, 3.05) is 13.6 Å². The van der Waals surface area contributed by atoms with Gasteiger partial charge in [0.25, 0.3) is 0 Å². The molecule has 19 heavy (non-hydrogen) atoms. The first kappa shape index (κ1) is 14.1. The van der Waals surface area contributed by atoms with E-state index >= 15 is 0 Å². The van der Waals surface area contributed by atoms with Gasteiger partial charge in [0.15, 0.2) is 0 Å². The molecule has 6 heteroatoms. The molecule has 1 aromatic heterocycles. The van der Waals surface area contributed by atoms with Crippen LogP contribution in [0.15, 0.2) is 52.0 Å². The maximum Gasteiger partial charge on any atom is 0.244 e. The molecule has 2 rings (SSSR count). The van der Waals surface area contributed by atoms with Crippen LogP contribution in [0.5, 0.6) is 0 Å². The standard InChI is InChI=1S/C13H14ClNO3S/c1-15(9-8-11-5-4-10-18-11)19(16,17)13-7-3-2-6-12(13)14/h2-7,10H,8-9H2,1H3. The highest BCUT2D eigenvalue weighted by Crippen LogP contribution is 2.23. The zero-order chi connectivity index (χ0) is 13.9. The molecule has 0 radical (unpaired) electrons. The Bertz CT molecular complexity index is 638. The third kappa shape index (κ3) is 3.18. The normalized spacial score (nSPS) is 11.9. The number of hydrogen-bond acceptors (Lipinski definition) is 3. The zero-order valence-corrected chi connectivity index (χ0v) is 12.0. The SMILES string of the molecule is CN(CCc1ccco1)S(=O)(=O)c1ccccc1Cl. The number of rotatable bonds is 5. The zero-order valence-electron chi connectivity index (χ0n) is 10.4. The lowest BCUT2D eigenvalue weighted by Gasteiger charge is -2.17. The number of likely N-dealkylation sites (N-methyl/N-ethyl adjacent to an activating group) is 1. The van der Waals surface area contributed by atoms with Crippen LogP contribution in [-0.4, -0.2) is 26.3 Å². The van der Waals surface area contributed by atoms with E-state index in [-0.39, 0.29) is 9.92 Å². The first-order valence-electron chi connectivity index (χ1n) is 5.75. The second-order valence-electron chi connectivity index (χ2n) is 4.09. The Morgan fingerprint density at radius 2 is 1.95 bits per heavy atom. The average molecular weight is 300 g/mol. The molecule has 4 nitrogen and oxygen atoms in total. The molecule has 0 aliphatic heterocycles. The van der Waals surface area contributed by atoms with Gasteiger partial charge < -0.3 is 4.42 Å². The third-order valence-corrected chi connectivity index (χ3v) is 5.13. The van der Waals surface area contributed by atoms with Crippen molar-refractivity contribution in [3.8, 4) is 0 Å². The van der Waals surface area contributed by atoms with Crippen LogP contribution in [0.2, 0.25) is 5.02 Å². The van der Waals surface area contributed by atoms with Gasteiger partial charge in [-0.25, -0.2) is 12.7 Å². The highest BCUT2D eigenvalue weighted by molar-refractivity contribution is 7.89. The first-order valence-corrected chi connectivity index (χ1v) is 7.57. The molecular weight excluding hydrogens is 286 g/mol. The number of hydrogen-bond donors (Lipinski definition) is 0. The fourth-order valence-electron chi connectivity index (χ4n) is 1.66. The van der Waals surface area contributed by atoms with E-state index in [1.165, 1.54) is 17.4 Å². The van der Waals surface area contributed by atoms with Gasteiger partial charge in [-0.15, -0.1) is 0 Å². The molecule has 1 heterocycles. The fraction of sp³-hybridized carbons (Fsp3) is 0.231. The molecule has 102 valence electrons. The Morgan fingerprint density at radius 3 is 2.58 bits per heavy atom. The highest BCUT2D eigenvalue weighted by Gasteiger charge is 2.23. The summed E-state index contributed by atoms with van der Waals surface area (Å²) in [7, 11) is -2.03. The van der Waals surface area contributed by atoms with Crippen LogP contribution in [0.3, 0.4) is 0 Å². The Kier molecular flexibility index (Phi) is 4.29. The second-order valence-corrected chi connectivity index (χ2v) is 6.51. The minimum atomic E-state index is -3.56. The Balaban J connectivity index is 2.13. The summed E-state index contributed by atoms with van der Waals surface area (Å²) in [6.07, 6.45) is 2.09. The lowest BCUT2D eigenvalue weighted by molar-refractivity contribution is 0.441. The average Bonchev–Trinajstić information content (AvgIpc) is 2.89. The van der Waals surface area contributed by atoms with E-state index in [1.54, 1.807) is 30.5 Å². The Labute approximate surface area is 117 Å². The molecule has 0 aliphatic carbocycles. The quantitative estimate of drug-likeness (QED) is 0.853. The molecule has 0 N–H and O–H groups in total. The van der Waals surface area contributed by atoms with Gasteiger partial charge in [0, 0.05) is 20.0 Å². The van der Waals surface area contributed by atoms with Crippen LogP contribution in [0.4, 0.5) is 0 Å². The van der Waals surface area contributed by atoms with E-state index in [0.717, 1.165) is 5.76 Å². The van der Waals surface area contributed by atoms with E-state index in [1.807, 2.05) is 6.07 Å². The molecule has 0 aliphatic rings. The highest BCUT2D eigenvalue weighted by atomic mass is 35.5. The summed E-state index contributed by atoms with van der Waals surface area (Å²) in [4.78, 5) is 0.124. The molecule has 0 atom stereocenters. The summed E-state index contributed by atoms with van der Waals surface area (Å²) < 4.78 is 31.1. The van der Waals surface area contributed by atoms with Gasteiger partial charge >= 0.3 is 0 Å². The summed E-state index contributed by atoms with van der Waals surface area (Å²) in [5.41, 5.74) is 0. The van der Waals surface area contributed by atoms with Crippen molar-refractivity contribution in [1.82, 2.24) is 4.31 Å². The van der Waals surface area contributed by atoms with E-state index in [0.29, 0.717) is 13.0 Å². The summed E-state index contributed by atoms with van der Waals surface area (Å²) in [5, 5.41) is 0.229. The minimum Gasteiger partial charge on any atom is -0.469 e. The topological polar surface area (TPSA) is 50.5 Å². The van der Waals surface area contributed by atoms with Crippen LogP contribution in [0.25, 0.3) is 0 Å². The Hall–Kier alpha value is -1.30. The molecule has 0 saturated carbocycles. The molecule has 0 amide bonds. The predicted octanol–water partition coefficient (Wildman–Crippen LogP) is 2.80. The second kappa shape index (κ2) is 5.77.